The van der Waals surface area contributed by atoms with Gasteiger partial charge in [0.2, 0.25) is 0 Å². The molecule has 0 unspecified atom stereocenters. The number of nitrogens with zero attached hydrogens (tertiary/aromatic N) is 1. The highest BCUT2D eigenvalue weighted by Crippen LogP contribution is 2.17. The molecule has 2 aromatic rings. The third-order valence-corrected chi connectivity index (χ3v) is 4.06. The molecule has 0 atom stereocenters. The molecule has 0 heterocycles. The molecule has 7 heteroatoms. The Hall–Kier alpha value is -3.35. The first-order valence-electron chi connectivity index (χ1n) is 8.39. The molecule has 0 fully saturated rings. The number of ether oxygens (including phenoxy) is 1. The average molecular weight is 369 g/mol. The fourth-order valence-electron chi connectivity index (χ4n) is 2.31. The fraction of sp³-hybridized carbons (Fsp3) is 0.250. The maximum absolute atomic E-state index is 12.0. The molecule has 2 rings (SSSR count). The molecule has 0 aliphatic carbocycles. The minimum absolute atomic E-state index is 0.327. The summed E-state index contributed by atoms with van der Waals surface area (Å²) in [5, 5.41) is 4.74. The largest absolute Gasteiger partial charge is 0.452 e. The average Bonchev–Trinajstić information content (AvgIpc) is 2.63. The van der Waals surface area contributed by atoms with E-state index in [1.54, 1.807) is 30.3 Å². The first kappa shape index (κ1) is 20.0. The molecule has 0 saturated heterocycles. The van der Waals surface area contributed by atoms with Crippen molar-refractivity contribution >= 4 is 29.3 Å². The second kappa shape index (κ2) is 8.84. The Labute approximate surface area is 158 Å². The van der Waals surface area contributed by atoms with Crippen LogP contribution in [0.5, 0.6) is 0 Å². The summed E-state index contributed by atoms with van der Waals surface area (Å²) in [4.78, 5) is 37.6. The number of hydrogen-bond donors (Lipinski definition) is 2. The maximum atomic E-state index is 12.0. The summed E-state index contributed by atoms with van der Waals surface area (Å²) in [5.74, 6) is -1.35. The van der Waals surface area contributed by atoms with E-state index in [4.69, 9.17) is 4.74 Å². The second-order valence-electron chi connectivity index (χ2n) is 6.27. The van der Waals surface area contributed by atoms with Crippen molar-refractivity contribution in [2.75, 3.05) is 30.9 Å². The molecular formula is C20H23N3O4. The minimum atomic E-state index is -0.712. The van der Waals surface area contributed by atoms with Crippen LogP contribution in [-0.4, -0.2) is 38.6 Å². The Bertz CT molecular complexity index is 845. The third-order valence-electron chi connectivity index (χ3n) is 4.06. The standard InChI is InChI=1S/C20H23N3O4/c1-13-6-5-7-17(14(13)2)21-20(26)22-18(24)12-27-19(25)15-8-10-16(11-9-15)23(3)4/h5-11H,12H2,1-4H3,(H2,21,22,24,26). The summed E-state index contributed by atoms with van der Waals surface area (Å²) >= 11 is 0. The number of aryl methyl sites for hydroxylation is 1. The topological polar surface area (TPSA) is 87.7 Å². The van der Waals surface area contributed by atoms with Gasteiger partial charge in [-0.3, -0.25) is 10.1 Å². The van der Waals surface area contributed by atoms with Gasteiger partial charge >= 0.3 is 12.0 Å². The highest BCUT2D eigenvalue weighted by atomic mass is 16.5. The number of benzene rings is 2. The molecule has 0 bridgehead atoms. The SMILES string of the molecule is Cc1cccc(NC(=O)NC(=O)COC(=O)c2ccc(N(C)C)cc2)c1C. The molecule has 27 heavy (non-hydrogen) atoms. The Morgan fingerprint density at radius 2 is 1.67 bits per heavy atom. The molecule has 0 aliphatic rings. The Balaban J connectivity index is 1.83. The van der Waals surface area contributed by atoms with E-state index in [9.17, 15) is 14.4 Å². The Morgan fingerprint density at radius 1 is 1.00 bits per heavy atom. The van der Waals surface area contributed by atoms with E-state index in [0.29, 0.717) is 11.3 Å². The summed E-state index contributed by atoms with van der Waals surface area (Å²) in [6.45, 7) is 3.25. The summed E-state index contributed by atoms with van der Waals surface area (Å²) in [5.41, 5.74) is 3.81. The van der Waals surface area contributed by atoms with E-state index in [-0.39, 0.29) is 0 Å². The van der Waals surface area contributed by atoms with E-state index in [0.717, 1.165) is 16.8 Å². The molecule has 0 aliphatic heterocycles. The van der Waals surface area contributed by atoms with Gasteiger partial charge in [0.1, 0.15) is 0 Å². The van der Waals surface area contributed by atoms with Crippen molar-refractivity contribution in [3.05, 3.63) is 59.2 Å². The number of esters is 1. The van der Waals surface area contributed by atoms with Crippen LogP contribution in [0.15, 0.2) is 42.5 Å². The zero-order valence-corrected chi connectivity index (χ0v) is 15.8. The number of urea groups is 1. The van der Waals surface area contributed by atoms with Gasteiger partial charge in [-0.1, -0.05) is 12.1 Å². The number of anilines is 2. The highest BCUT2D eigenvalue weighted by Gasteiger charge is 2.13. The first-order valence-corrected chi connectivity index (χ1v) is 8.39. The quantitative estimate of drug-likeness (QED) is 0.792. The van der Waals surface area contributed by atoms with Gasteiger partial charge in [-0.05, 0) is 55.3 Å². The summed E-state index contributed by atoms with van der Waals surface area (Å²) in [7, 11) is 3.78. The lowest BCUT2D eigenvalue weighted by molar-refractivity contribution is -0.123. The maximum Gasteiger partial charge on any atom is 0.338 e. The molecule has 0 aromatic heterocycles. The van der Waals surface area contributed by atoms with Gasteiger partial charge in [0, 0.05) is 25.5 Å². The number of carbonyl (C=O) groups is 3. The van der Waals surface area contributed by atoms with Gasteiger partial charge in [-0.25, -0.2) is 9.59 Å². The van der Waals surface area contributed by atoms with E-state index >= 15 is 0 Å². The molecule has 3 amide bonds. The van der Waals surface area contributed by atoms with Gasteiger partial charge in [0.25, 0.3) is 5.91 Å². The lowest BCUT2D eigenvalue weighted by atomic mass is 10.1. The molecule has 2 aromatic carbocycles. The Kier molecular flexibility index (Phi) is 6.54. The van der Waals surface area contributed by atoms with Crippen LogP contribution < -0.4 is 15.5 Å². The lowest BCUT2D eigenvalue weighted by Gasteiger charge is -2.12. The van der Waals surface area contributed by atoms with Crippen LogP contribution in [0, 0.1) is 13.8 Å². The molecule has 142 valence electrons. The van der Waals surface area contributed by atoms with E-state index in [2.05, 4.69) is 10.6 Å². The zero-order valence-electron chi connectivity index (χ0n) is 15.8. The number of nitrogens with one attached hydrogen (secondary N) is 2. The monoisotopic (exact) mass is 369 g/mol. The van der Waals surface area contributed by atoms with Crippen molar-refractivity contribution in [1.82, 2.24) is 5.32 Å². The Morgan fingerprint density at radius 3 is 2.30 bits per heavy atom. The van der Waals surface area contributed by atoms with Crippen molar-refractivity contribution < 1.29 is 19.1 Å². The molecule has 0 radical (unpaired) electrons. The van der Waals surface area contributed by atoms with Gasteiger partial charge in [-0.15, -0.1) is 0 Å². The lowest BCUT2D eigenvalue weighted by Crippen LogP contribution is -2.37. The van der Waals surface area contributed by atoms with Crippen LogP contribution in [-0.2, 0) is 9.53 Å². The van der Waals surface area contributed by atoms with Crippen LogP contribution in [0.3, 0.4) is 0 Å². The number of amides is 3. The third kappa shape index (κ3) is 5.57. The fourth-order valence-corrected chi connectivity index (χ4v) is 2.31. The smallest absolute Gasteiger partial charge is 0.338 e. The van der Waals surface area contributed by atoms with Crippen molar-refractivity contribution in [1.29, 1.82) is 0 Å². The van der Waals surface area contributed by atoms with Crippen LogP contribution >= 0.6 is 0 Å². The molecule has 2 N–H and O–H groups in total. The molecular weight excluding hydrogens is 346 g/mol. The van der Waals surface area contributed by atoms with Gasteiger partial charge in [0.05, 0.1) is 5.56 Å². The predicted molar refractivity (Wildman–Crippen MR) is 104 cm³/mol. The number of carbonyl (C=O) groups excluding carboxylic acids is 3. The van der Waals surface area contributed by atoms with E-state index in [1.165, 1.54) is 0 Å². The summed E-state index contributed by atoms with van der Waals surface area (Å²) in [6, 6.07) is 11.6. The first-order chi connectivity index (χ1) is 12.8. The molecule has 7 nitrogen and oxygen atoms in total. The van der Waals surface area contributed by atoms with Crippen molar-refractivity contribution in [2.24, 2.45) is 0 Å². The van der Waals surface area contributed by atoms with Crippen LogP contribution in [0.4, 0.5) is 16.2 Å². The number of rotatable bonds is 5. The predicted octanol–water partition coefficient (Wildman–Crippen LogP) is 2.87. The van der Waals surface area contributed by atoms with Crippen LogP contribution in [0.25, 0.3) is 0 Å². The van der Waals surface area contributed by atoms with E-state index < -0.39 is 24.5 Å². The molecule has 0 spiro atoms. The van der Waals surface area contributed by atoms with Gasteiger partial charge in [-0.2, -0.15) is 0 Å². The zero-order chi connectivity index (χ0) is 20.0. The van der Waals surface area contributed by atoms with Gasteiger partial charge in [0.15, 0.2) is 6.61 Å². The highest BCUT2D eigenvalue weighted by molar-refractivity contribution is 6.02. The summed E-state index contributed by atoms with van der Waals surface area (Å²) < 4.78 is 4.94. The van der Waals surface area contributed by atoms with E-state index in [1.807, 2.05) is 45.0 Å². The molecule has 0 saturated carbocycles. The van der Waals surface area contributed by atoms with Crippen molar-refractivity contribution in [2.45, 2.75) is 13.8 Å². The van der Waals surface area contributed by atoms with Gasteiger partial charge < -0.3 is 15.0 Å². The van der Waals surface area contributed by atoms with Crippen molar-refractivity contribution in [3.8, 4) is 0 Å². The van der Waals surface area contributed by atoms with Crippen LogP contribution in [0.2, 0.25) is 0 Å². The normalized spacial score (nSPS) is 10.1. The minimum Gasteiger partial charge on any atom is -0.452 e. The number of imide groups is 1. The number of hydrogen-bond acceptors (Lipinski definition) is 5. The van der Waals surface area contributed by atoms with Crippen LogP contribution in [0.1, 0.15) is 21.5 Å². The summed E-state index contributed by atoms with van der Waals surface area (Å²) in [6.07, 6.45) is 0. The second-order valence-corrected chi connectivity index (χ2v) is 6.27. The van der Waals surface area contributed by atoms with Crippen molar-refractivity contribution in [3.63, 3.8) is 0 Å².